The van der Waals surface area contributed by atoms with Crippen LogP contribution in [0.25, 0.3) is 0 Å². The molecule has 0 fully saturated rings. The van der Waals surface area contributed by atoms with Gasteiger partial charge in [0.1, 0.15) is 24.5 Å². The number of aliphatic hydroxyl groups excluding tert-OH is 1. The van der Waals surface area contributed by atoms with Crippen LogP contribution >= 0.6 is 11.6 Å². The van der Waals surface area contributed by atoms with Gasteiger partial charge in [-0.05, 0) is 24.3 Å². The third-order valence-electron chi connectivity index (χ3n) is 2.84. The Kier molecular flexibility index (Phi) is 5.44. The van der Waals surface area contributed by atoms with Gasteiger partial charge in [-0.1, -0.05) is 35.9 Å². The zero-order valence-corrected chi connectivity index (χ0v) is 12.0. The average molecular weight is 303 g/mol. The van der Waals surface area contributed by atoms with Crippen molar-refractivity contribution in [3.05, 3.63) is 59.1 Å². The summed E-state index contributed by atoms with van der Waals surface area (Å²) in [5.41, 5.74) is 1.21. The topological polar surface area (TPSA) is 65.3 Å². The number of ether oxygens (including phenoxy) is 1. The molecule has 0 bridgehead atoms. The third kappa shape index (κ3) is 4.38. The first kappa shape index (κ1) is 15.2. The first-order chi connectivity index (χ1) is 10.2. The Bertz CT molecular complexity index is 640. The Hall–Kier alpha value is -2.22. The lowest BCUT2D eigenvalue weighted by Gasteiger charge is -2.15. The summed E-state index contributed by atoms with van der Waals surface area (Å²) in [7, 11) is 0. The minimum absolute atomic E-state index is 0.0934. The van der Waals surface area contributed by atoms with Crippen molar-refractivity contribution in [3.8, 4) is 11.8 Å². The highest BCUT2D eigenvalue weighted by Gasteiger charge is 2.08. The SMILES string of the molecule is N#Cc1ccccc1OCC(O)CNc1ccccc1Cl. The maximum Gasteiger partial charge on any atom is 0.137 e. The maximum atomic E-state index is 9.91. The minimum Gasteiger partial charge on any atom is -0.489 e. The summed E-state index contributed by atoms with van der Waals surface area (Å²) in [5.74, 6) is 0.469. The second-order valence-electron chi connectivity index (χ2n) is 4.43. The molecular weight excluding hydrogens is 288 g/mol. The number of rotatable bonds is 6. The summed E-state index contributed by atoms with van der Waals surface area (Å²) in [6, 6.07) is 16.3. The van der Waals surface area contributed by atoms with Gasteiger partial charge in [-0.2, -0.15) is 5.26 Å². The summed E-state index contributed by atoms with van der Waals surface area (Å²) in [6.07, 6.45) is -0.715. The van der Waals surface area contributed by atoms with Crippen LogP contribution in [0, 0.1) is 11.3 Å². The van der Waals surface area contributed by atoms with Gasteiger partial charge in [0.25, 0.3) is 0 Å². The largest absolute Gasteiger partial charge is 0.489 e. The molecule has 0 aliphatic heterocycles. The van der Waals surface area contributed by atoms with Crippen LogP contribution in [-0.4, -0.2) is 24.4 Å². The van der Waals surface area contributed by atoms with Gasteiger partial charge >= 0.3 is 0 Å². The van der Waals surface area contributed by atoms with Gasteiger partial charge in [0, 0.05) is 6.54 Å². The second-order valence-corrected chi connectivity index (χ2v) is 4.84. The zero-order valence-electron chi connectivity index (χ0n) is 11.3. The molecule has 1 unspecified atom stereocenters. The number of benzene rings is 2. The molecule has 0 heterocycles. The fourth-order valence-corrected chi connectivity index (χ4v) is 1.96. The first-order valence-electron chi connectivity index (χ1n) is 6.49. The summed E-state index contributed by atoms with van der Waals surface area (Å²) >= 11 is 6.01. The zero-order chi connectivity index (χ0) is 15.1. The standard InChI is InChI=1S/C16H15ClN2O2/c17-14-6-2-3-7-15(14)19-10-13(20)11-21-16-8-4-1-5-12(16)9-18/h1-8,13,19-20H,10-11H2. The van der Waals surface area contributed by atoms with E-state index >= 15 is 0 Å². The van der Waals surface area contributed by atoms with E-state index in [0.717, 1.165) is 5.69 Å². The number of anilines is 1. The molecule has 0 saturated heterocycles. The molecule has 0 saturated carbocycles. The van der Waals surface area contributed by atoms with Gasteiger partial charge in [-0.25, -0.2) is 0 Å². The van der Waals surface area contributed by atoms with Crippen molar-refractivity contribution in [2.75, 3.05) is 18.5 Å². The van der Waals surface area contributed by atoms with E-state index in [1.54, 1.807) is 30.3 Å². The molecule has 4 nitrogen and oxygen atoms in total. The molecule has 2 N–H and O–H groups in total. The molecule has 5 heteroatoms. The molecule has 0 amide bonds. The lowest BCUT2D eigenvalue weighted by Crippen LogP contribution is -2.26. The van der Waals surface area contributed by atoms with Gasteiger partial charge in [0.2, 0.25) is 0 Å². The van der Waals surface area contributed by atoms with Crippen molar-refractivity contribution >= 4 is 17.3 Å². The first-order valence-corrected chi connectivity index (χ1v) is 6.87. The van der Waals surface area contributed by atoms with E-state index in [2.05, 4.69) is 5.32 Å². The minimum atomic E-state index is -0.715. The molecule has 108 valence electrons. The van der Waals surface area contributed by atoms with E-state index in [1.165, 1.54) is 0 Å². The molecule has 1 atom stereocenters. The molecule has 2 aromatic rings. The van der Waals surface area contributed by atoms with Crippen molar-refractivity contribution in [3.63, 3.8) is 0 Å². The predicted octanol–water partition coefficient (Wildman–Crippen LogP) is 3.06. The molecule has 0 spiro atoms. The number of hydrogen-bond donors (Lipinski definition) is 2. The molecule has 0 radical (unpaired) electrons. The monoisotopic (exact) mass is 302 g/mol. The van der Waals surface area contributed by atoms with Gasteiger partial charge in [-0.3, -0.25) is 0 Å². The highest BCUT2D eigenvalue weighted by Crippen LogP contribution is 2.20. The van der Waals surface area contributed by atoms with Crippen LogP contribution in [-0.2, 0) is 0 Å². The molecule has 0 aliphatic carbocycles. The van der Waals surface area contributed by atoms with E-state index < -0.39 is 6.10 Å². The molecule has 2 rings (SSSR count). The van der Waals surface area contributed by atoms with E-state index in [4.69, 9.17) is 21.6 Å². The molecule has 0 aliphatic rings. The number of para-hydroxylation sites is 2. The van der Waals surface area contributed by atoms with Crippen molar-refractivity contribution in [1.29, 1.82) is 5.26 Å². The van der Waals surface area contributed by atoms with Crippen molar-refractivity contribution in [2.24, 2.45) is 0 Å². The Labute approximate surface area is 128 Å². The normalized spacial score (nSPS) is 11.5. The van der Waals surface area contributed by atoms with Crippen molar-refractivity contribution in [2.45, 2.75) is 6.10 Å². The lowest BCUT2D eigenvalue weighted by molar-refractivity contribution is 0.117. The van der Waals surface area contributed by atoms with Crippen LogP contribution in [0.2, 0.25) is 5.02 Å². The number of halogens is 1. The van der Waals surface area contributed by atoms with Crippen LogP contribution in [0.1, 0.15) is 5.56 Å². The predicted molar refractivity (Wildman–Crippen MR) is 82.6 cm³/mol. The quantitative estimate of drug-likeness (QED) is 0.860. The van der Waals surface area contributed by atoms with Gasteiger partial charge in [0.15, 0.2) is 0 Å². The smallest absolute Gasteiger partial charge is 0.137 e. The van der Waals surface area contributed by atoms with Gasteiger partial charge in [0.05, 0.1) is 16.3 Å². The van der Waals surface area contributed by atoms with Crippen LogP contribution in [0.4, 0.5) is 5.69 Å². The molecular formula is C16H15ClN2O2. The Balaban J connectivity index is 1.84. The Morgan fingerprint density at radius 3 is 2.67 bits per heavy atom. The highest BCUT2D eigenvalue weighted by atomic mass is 35.5. The summed E-state index contributed by atoms with van der Waals surface area (Å²) in [6.45, 7) is 0.397. The van der Waals surface area contributed by atoms with Crippen LogP contribution in [0.3, 0.4) is 0 Å². The third-order valence-corrected chi connectivity index (χ3v) is 3.17. The average Bonchev–Trinajstić information content (AvgIpc) is 2.52. The number of hydrogen-bond acceptors (Lipinski definition) is 4. The summed E-state index contributed by atoms with van der Waals surface area (Å²) in [5, 5.41) is 22.5. The summed E-state index contributed by atoms with van der Waals surface area (Å²) in [4.78, 5) is 0. The molecule has 0 aromatic heterocycles. The second kappa shape index (κ2) is 7.53. The van der Waals surface area contributed by atoms with E-state index in [1.807, 2.05) is 24.3 Å². The Morgan fingerprint density at radius 2 is 1.90 bits per heavy atom. The number of aliphatic hydroxyl groups is 1. The van der Waals surface area contributed by atoms with Crippen molar-refractivity contribution in [1.82, 2.24) is 0 Å². The lowest BCUT2D eigenvalue weighted by atomic mass is 10.2. The molecule has 21 heavy (non-hydrogen) atoms. The van der Waals surface area contributed by atoms with Crippen LogP contribution in [0.15, 0.2) is 48.5 Å². The fraction of sp³-hybridized carbons (Fsp3) is 0.188. The van der Waals surface area contributed by atoms with Crippen LogP contribution in [0.5, 0.6) is 5.75 Å². The number of nitrogens with zero attached hydrogens (tertiary/aromatic N) is 1. The number of nitriles is 1. The maximum absolute atomic E-state index is 9.91. The highest BCUT2D eigenvalue weighted by molar-refractivity contribution is 6.33. The Morgan fingerprint density at radius 1 is 1.19 bits per heavy atom. The van der Waals surface area contributed by atoms with E-state index in [9.17, 15) is 5.11 Å². The summed E-state index contributed by atoms with van der Waals surface area (Å²) < 4.78 is 5.46. The molecule has 2 aromatic carbocycles. The fourth-order valence-electron chi connectivity index (χ4n) is 1.76. The van der Waals surface area contributed by atoms with Gasteiger partial charge in [-0.15, -0.1) is 0 Å². The van der Waals surface area contributed by atoms with E-state index in [-0.39, 0.29) is 6.61 Å². The van der Waals surface area contributed by atoms with Crippen LogP contribution < -0.4 is 10.1 Å². The van der Waals surface area contributed by atoms with Crippen molar-refractivity contribution < 1.29 is 9.84 Å². The van der Waals surface area contributed by atoms with Gasteiger partial charge < -0.3 is 15.2 Å². The van der Waals surface area contributed by atoms with E-state index in [0.29, 0.717) is 22.9 Å². The number of nitrogens with one attached hydrogen (secondary N) is 1.